The Hall–Kier alpha value is -1.95. The summed E-state index contributed by atoms with van der Waals surface area (Å²) in [6, 6.07) is 5.37. The van der Waals surface area contributed by atoms with Crippen LogP contribution in [0.3, 0.4) is 0 Å². The van der Waals surface area contributed by atoms with Gasteiger partial charge in [-0.15, -0.1) is 0 Å². The van der Waals surface area contributed by atoms with E-state index < -0.39 is 6.10 Å². The van der Waals surface area contributed by atoms with Crippen LogP contribution < -0.4 is 20.1 Å². The molecule has 4 bridgehead atoms. The number of hydrogen-bond acceptors (Lipinski definition) is 4. The van der Waals surface area contributed by atoms with Gasteiger partial charge in [-0.25, -0.2) is 4.79 Å². The number of fused-ring (bicyclic) bond motifs is 1. The maximum atomic E-state index is 12.5. The summed E-state index contributed by atoms with van der Waals surface area (Å²) in [5.74, 6) is 3.80. The molecule has 1 heterocycles. The van der Waals surface area contributed by atoms with Crippen molar-refractivity contribution in [1.29, 1.82) is 0 Å². The highest BCUT2D eigenvalue weighted by Crippen LogP contribution is 2.55. The fraction of sp³-hybridized carbons (Fsp3) is 0.667. The Bertz CT molecular complexity index is 700. The molecule has 0 aromatic heterocycles. The fourth-order valence-corrected chi connectivity index (χ4v) is 6.16. The van der Waals surface area contributed by atoms with Gasteiger partial charge in [-0.05, 0) is 80.4 Å². The Morgan fingerprint density at radius 2 is 1.78 bits per heavy atom. The van der Waals surface area contributed by atoms with Crippen molar-refractivity contribution in [2.24, 2.45) is 17.8 Å². The maximum Gasteiger partial charge on any atom is 0.315 e. The topological polar surface area (TPSA) is 79.8 Å². The van der Waals surface area contributed by atoms with Gasteiger partial charge in [-0.3, -0.25) is 0 Å². The van der Waals surface area contributed by atoms with Gasteiger partial charge in [-0.2, -0.15) is 0 Å². The Morgan fingerprint density at radius 1 is 1.11 bits per heavy atom. The van der Waals surface area contributed by atoms with Gasteiger partial charge >= 0.3 is 6.03 Å². The van der Waals surface area contributed by atoms with E-state index >= 15 is 0 Å². The average molecular weight is 372 g/mol. The molecule has 0 radical (unpaired) electrons. The summed E-state index contributed by atoms with van der Waals surface area (Å²) < 4.78 is 10.6. The highest BCUT2D eigenvalue weighted by atomic mass is 16.7. The number of ether oxygens (including phenoxy) is 2. The van der Waals surface area contributed by atoms with E-state index in [1.807, 2.05) is 18.2 Å². The fourth-order valence-electron chi connectivity index (χ4n) is 6.16. The van der Waals surface area contributed by atoms with Crippen LogP contribution in [0.15, 0.2) is 18.2 Å². The second-order valence-electron chi connectivity index (χ2n) is 9.00. The number of aliphatic hydroxyl groups excluding tert-OH is 1. The first-order valence-electron chi connectivity index (χ1n) is 10.2. The zero-order chi connectivity index (χ0) is 18.4. The molecule has 146 valence electrons. The minimum Gasteiger partial charge on any atom is -0.454 e. The smallest absolute Gasteiger partial charge is 0.315 e. The number of carbonyl (C=O) groups excluding carboxylic acids is 1. The molecular formula is C21H28N2O4. The predicted molar refractivity (Wildman–Crippen MR) is 99.6 cm³/mol. The second-order valence-corrected chi connectivity index (χ2v) is 9.00. The van der Waals surface area contributed by atoms with Gasteiger partial charge in [-0.1, -0.05) is 6.07 Å². The minimum absolute atomic E-state index is 0.0226. The molecule has 1 aromatic rings. The highest BCUT2D eigenvalue weighted by molar-refractivity contribution is 5.74. The summed E-state index contributed by atoms with van der Waals surface area (Å²) in [4.78, 5) is 12.5. The van der Waals surface area contributed by atoms with Crippen LogP contribution >= 0.6 is 0 Å². The van der Waals surface area contributed by atoms with E-state index in [1.54, 1.807) is 0 Å². The molecule has 1 unspecified atom stereocenters. The average Bonchev–Trinajstić information content (AvgIpc) is 3.07. The summed E-state index contributed by atoms with van der Waals surface area (Å²) in [5, 5.41) is 16.6. The molecule has 2 amide bonds. The Kier molecular flexibility index (Phi) is 4.19. The summed E-state index contributed by atoms with van der Waals surface area (Å²) in [5.41, 5.74) is 0.803. The number of rotatable bonds is 5. The van der Waals surface area contributed by atoms with Crippen LogP contribution in [0.25, 0.3) is 0 Å². The lowest BCUT2D eigenvalue weighted by molar-refractivity contribution is -0.0135. The van der Waals surface area contributed by atoms with Crippen LogP contribution in [0.2, 0.25) is 0 Å². The third-order valence-electron chi connectivity index (χ3n) is 6.90. The third-order valence-corrected chi connectivity index (χ3v) is 6.90. The van der Waals surface area contributed by atoms with Crippen LogP contribution in [0.4, 0.5) is 4.79 Å². The van der Waals surface area contributed by atoms with Crippen LogP contribution in [0.5, 0.6) is 11.5 Å². The third kappa shape index (κ3) is 3.35. The highest BCUT2D eigenvalue weighted by Gasteiger charge is 2.51. The van der Waals surface area contributed by atoms with Crippen LogP contribution in [0.1, 0.15) is 56.6 Å². The van der Waals surface area contributed by atoms with E-state index in [1.165, 1.54) is 19.3 Å². The first-order chi connectivity index (χ1) is 13.1. The standard InChI is InChI=1S/C21H28N2O4/c24-17(16-1-2-18-19(8-16)27-12-26-18)3-4-22-20(25)23-21-9-13-5-14(10-21)7-15(6-13)11-21/h1-2,8,13-15,17,24H,3-7,9-12H2,(H2,22,23,25). The van der Waals surface area contributed by atoms with Crippen LogP contribution in [-0.4, -0.2) is 30.0 Å². The molecule has 6 nitrogen and oxygen atoms in total. The molecular weight excluding hydrogens is 344 g/mol. The van der Waals surface area contributed by atoms with Crippen molar-refractivity contribution >= 4 is 6.03 Å². The molecule has 27 heavy (non-hydrogen) atoms. The Balaban J connectivity index is 1.12. The lowest BCUT2D eigenvalue weighted by Crippen LogP contribution is -2.61. The molecule has 5 aliphatic rings. The van der Waals surface area contributed by atoms with Gasteiger partial charge in [0.05, 0.1) is 6.10 Å². The largest absolute Gasteiger partial charge is 0.454 e. The van der Waals surface area contributed by atoms with Crippen LogP contribution in [0, 0.1) is 17.8 Å². The second kappa shape index (κ2) is 6.59. The van der Waals surface area contributed by atoms with Crippen molar-refractivity contribution in [1.82, 2.24) is 10.6 Å². The number of urea groups is 1. The van der Waals surface area contributed by atoms with Crippen LogP contribution in [-0.2, 0) is 0 Å². The first kappa shape index (κ1) is 17.2. The molecule has 4 aliphatic carbocycles. The SMILES string of the molecule is O=C(NCCC(O)c1ccc2c(c1)OCO2)NC12CC3CC(CC(C3)C1)C2. The van der Waals surface area contributed by atoms with Gasteiger partial charge < -0.3 is 25.2 Å². The molecule has 1 aliphatic heterocycles. The monoisotopic (exact) mass is 372 g/mol. The van der Waals surface area contributed by atoms with Crippen molar-refractivity contribution in [2.75, 3.05) is 13.3 Å². The molecule has 3 N–H and O–H groups in total. The van der Waals surface area contributed by atoms with E-state index in [9.17, 15) is 9.90 Å². The number of benzene rings is 1. The summed E-state index contributed by atoms with van der Waals surface area (Å²) in [7, 11) is 0. The van der Waals surface area contributed by atoms with E-state index in [2.05, 4.69) is 10.6 Å². The number of aliphatic hydroxyl groups is 1. The van der Waals surface area contributed by atoms with Crippen molar-refractivity contribution in [3.8, 4) is 11.5 Å². The van der Waals surface area contributed by atoms with Crippen molar-refractivity contribution in [2.45, 2.75) is 56.6 Å². The molecule has 6 heteroatoms. The lowest BCUT2D eigenvalue weighted by Gasteiger charge is -2.56. The van der Waals surface area contributed by atoms with Crippen molar-refractivity contribution in [3.05, 3.63) is 23.8 Å². The van der Waals surface area contributed by atoms with Gasteiger partial charge in [0.1, 0.15) is 0 Å². The first-order valence-corrected chi connectivity index (χ1v) is 10.2. The zero-order valence-electron chi connectivity index (χ0n) is 15.6. The number of carbonyl (C=O) groups is 1. The molecule has 4 saturated carbocycles. The van der Waals surface area contributed by atoms with Crippen molar-refractivity contribution in [3.63, 3.8) is 0 Å². The maximum absolute atomic E-state index is 12.5. The zero-order valence-corrected chi connectivity index (χ0v) is 15.6. The quantitative estimate of drug-likeness (QED) is 0.742. The van der Waals surface area contributed by atoms with Gasteiger partial charge in [0.2, 0.25) is 6.79 Å². The Labute approximate surface area is 159 Å². The lowest BCUT2D eigenvalue weighted by atomic mass is 9.53. The van der Waals surface area contributed by atoms with E-state index in [4.69, 9.17) is 9.47 Å². The molecule has 0 saturated heterocycles. The summed E-state index contributed by atoms with van der Waals surface area (Å²) >= 11 is 0. The molecule has 4 fully saturated rings. The number of hydrogen-bond donors (Lipinski definition) is 3. The number of amides is 2. The van der Waals surface area contributed by atoms with E-state index in [0.29, 0.717) is 24.5 Å². The minimum atomic E-state index is -0.639. The summed E-state index contributed by atoms with van der Waals surface area (Å²) in [6.07, 6.45) is 7.36. The van der Waals surface area contributed by atoms with Gasteiger partial charge in [0.15, 0.2) is 11.5 Å². The van der Waals surface area contributed by atoms with E-state index in [0.717, 1.165) is 42.6 Å². The van der Waals surface area contributed by atoms with Crippen molar-refractivity contribution < 1.29 is 19.4 Å². The molecule has 6 rings (SSSR count). The van der Waals surface area contributed by atoms with Gasteiger partial charge in [0.25, 0.3) is 0 Å². The molecule has 1 atom stereocenters. The molecule has 1 aromatic carbocycles. The van der Waals surface area contributed by atoms with E-state index in [-0.39, 0.29) is 18.4 Å². The summed E-state index contributed by atoms with van der Waals surface area (Å²) in [6.45, 7) is 0.661. The predicted octanol–water partition coefficient (Wildman–Crippen LogP) is 3.11. The Morgan fingerprint density at radius 3 is 2.48 bits per heavy atom. The number of nitrogens with one attached hydrogen (secondary N) is 2. The molecule has 0 spiro atoms. The van der Waals surface area contributed by atoms with Gasteiger partial charge in [0, 0.05) is 12.1 Å². The normalized spacial score (nSPS) is 33.7.